The van der Waals surface area contributed by atoms with E-state index in [0.29, 0.717) is 10.6 Å². The standard InChI is InChI=1S/C14H12BrClFN/c1-8-2-3-9(6-13(8)17)14(18)11-7-10(16)4-5-12(11)15/h2-7,14H,18H2,1H3. The minimum absolute atomic E-state index is 0.249. The van der Waals surface area contributed by atoms with Crippen molar-refractivity contribution in [3.8, 4) is 0 Å². The Labute approximate surface area is 119 Å². The molecule has 4 heteroatoms. The van der Waals surface area contributed by atoms with Gasteiger partial charge in [0.2, 0.25) is 0 Å². The van der Waals surface area contributed by atoms with Gasteiger partial charge in [-0.3, -0.25) is 0 Å². The maximum absolute atomic E-state index is 13.5. The van der Waals surface area contributed by atoms with E-state index in [1.807, 2.05) is 12.1 Å². The lowest BCUT2D eigenvalue weighted by molar-refractivity contribution is 0.614. The molecule has 2 aromatic carbocycles. The fraction of sp³-hybridized carbons (Fsp3) is 0.143. The van der Waals surface area contributed by atoms with Crippen molar-refractivity contribution in [3.63, 3.8) is 0 Å². The summed E-state index contributed by atoms with van der Waals surface area (Å²) in [4.78, 5) is 0. The highest BCUT2D eigenvalue weighted by Crippen LogP contribution is 2.29. The van der Waals surface area contributed by atoms with Crippen LogP contribution in [0.2, 0.25) is 5.02 Å². The molecule has 0 amide bonds. The molecule has 0 fully saturated rings. The van der Waals surface area contributed by atoms with E-state index in [0.717, 1.165) is 15.6 Å². The highest BCUT2D eigenvalue weighted by Gasteiger charge is 2.14. The average Bonchev–Trinajstić information content (AvgIpc) is 2.35. The van der Waals surface area contributed by atoms with Crippen molar-refractivity contribution >= 4 is 27.5 Å². The highest BCUT2D eigenvalue weighted by molar-refractivity contribution is 9.10. The van der Waals surface area contributed by atoms with Crippen LogP contribution in [-0.2, 0) is 0 Å². The lowest BCUT2D eigenvalue weighted by atomic mass is 9.98. The van der Waals surface area contributed by atoms with Gasteiger partial charge in [-0.2, -0.15) is 0 Å². The minimum atomic E-state index is -0.409. The van der Waals surface area contributed by atoms with Crippen molar-refractivity contribution in [2.45, 2.75) is 13.0 Å². The number of benzene rings is 2. The first kappa shape index (κ1) is 13.5. The van der Waals surface area contributed by atoms with Crippen LogP contribution in [0.5, 0.6) is 0 Å². The largest absolute Gasteiger partial charge is 0.320 e. The van der Waals surface area contributed by atoms with E-state index >= 15 is 0 Å². The van der Waals surface area contributed by atoms with Gasteiger partial charge in [-0.15, -0.1) is 0 Å². The van der Waals surface area contributed by atoms with E-state index in [1.165, 1.54) is 6.07 Å². The molecule has 2 N–H and O–H groups in total. The van der Waals surface area contributed by atoms with E-state index in [9.17, 15) is 4.39 Å². The van der Waals surface area contributed by atoms with E-state index in [4.69, 9.17) is 17.3 Å². The first-order valence-corrected chi connectivity index (χ1v) is 6.62. The molecule has 0 bridgehead atoms. The molecular weight excluding hydrogens is 317 g/mol. The van der Waals surface area contributed by atoms with Gasteiger partial charge in [0.05, 0.1) is 6.04 Å². The normalized spacial score (nSPS) is 12.5. The van der Waals surface area contributed by atoms with Gasteiger partial charge in [-0.25, -0.2) is 4.39 Å². The van der Waals surface area contributed by atoms with Crippen LogP contribution in [0.3, 0.4) is 0 Å². The van der Waals surface area contributed by atoms with Gasteiger partial charge in [0.25, 0.3) is 0 Å². The van der Waals surface area contributed by atoms with Gasteiger partial charge in [0, 0.05) is 9.50 Å². The van der Waals surface area contributed by atoms with Gasteiger partial charge < -0.3 is 5.73 Å². The Morgan fingerprint density at radius 3 is 2.61 bits per heavy atom. The second kappa shape index (κ2) is 5.39. The smallest absolute Gasteiger partial charge is 0.126 e. The third-order valence-electron chi connectivity index (χ3n) is 2.85. The Kier molecular flexibility index (Phi) is 4.05. The zero-order chi connectivity index (χ0) is 13.3. The zero-order valence-corrected chi connectivity index (χ0v) is 12.1. The highest BCUT2D eigenvalue weighted by atomic mass is 79.9. The summed E-state index contributed by atoms with van der Waals surface area (Å²) in [6.45, 7) is 1.72. The second-order valence-electron chi connectivity index (χ2n) is 4.15. The summed E-state index contributed by atoms with van der Waals surface area (Å²) in [6.07, 6.45) is 0. The van der Waals surface area contributed by atoms with Gasteiger partial charge in [-0.1, -0.05) is 39.7 Å². The molecule has 0 aliphatic carbocycles. The Bertz CT molecular complexity index is 586. The number of hydrogen-bond donors (Lipinski definition) is 1. The molecule has 2 aromatic rings. The summed E-state index contributed by atoms with van der Waals surface area (Å²) < 4.78 is 14.4. The zero-order valence-electron chi connectivity index (χ0n) is 9.75. The molecule has 0 spiro atoms. The third kappa shape index (κ3) is 2.74. The summed E-state index contributed by atoms with van der Waals surface area (Å²) in [6, 6.07) is 10.0. The molecule has 1 atom stereocenters. The Hall–Kier alpha value is -0.900. The number of rotatable bonds is 2. The Balaban J connectivity index is 2.44. The molecule has 0 aliphatic heterocycles. The molecule has 0 saturated heterocycles. The summed E-state index contributed by atoms with van der Waals surface area (Å²) in [7, 11) is 0. The number of aryl methyl sites for hydroxylation is 1. The second-order valence-corrected chi connectivity index (χ2v) is 5.44. The molecule has 2 rings (SSSR count). The van der Waals surface area contributed by atoms with Gasteiger partial charge >= 0.3 is 0 Å². The topological polar surface area (TPSA) is 26.0 Å². The van der Waals surface area contributed by atoms with Crippen molar-refractivity contribution in [2.75, 3.05) is 0 Å². The van der Waals surface area contributed by atoms with E-state index < -0.39 is 6.04 Å². The van der Waals surface area contributed by atoms with Crippen LogP contribution in [0.15, 0.2) is 40.9 Å². The van der Waals surface area contributed by atoms with Gasteiger partial charge in [-0.05, 0) is 47.9 Å². The molecule has 0 aromatic heterocycles. The Morgan fingerprint density at radius 1 is 1.22 bits per heavy atom. The summed E-state index contributed by atoms with van der Waals surface area (Å²) >= 11 is 9.38. The fourth-order valence-electron chi connectivity index (χ4n) is 1.74. The maximum Gasteiger partial charge on any atom is 0.126 e. The third-order valence-corrected chi connectivity index (χ3v) is 3.81. The number of halogens is 3. The van der Waals surface area contributed by atoms with Crippen molar-refractivity contribution < 1.29 is 4.39 Å². The number of nitrogens with two attached hydrogens (primary N) is 1. The lowest BCUT2D eigenvalue weighted by Crippen LogP contribution is -2.13. The summed E-state index contributed by atoms with van der Waals surface area (Å²) in [5.74, 6) is -0.249. The molecule has 0 saturated carbocycles. The predicted octanol–water partition coefficient (Wildman–Crippen LogP) is 4.60. The molecule has 0 heterocycles. The quantitative estimate of drug-likeness (QED) is 0.856. The maximum atomic E-state index is 13.5. The minimum Gasteiger partial charge on any atom is -0.320 e. The molecule has 1 unspecified atom stereocenters. The van der Waals surface area contributed by atoms with Crippen LogP contribution in [-0.4, -0.2) is 0 Å². The molecule has 18 heavy (non-hydrogen) atoms. The van der Waals surface area contributed by atoms with Crippen molar-refractivity contribution in [2.24, 2.45) is 5.73 Å². The monoisotopic (exact) mass is 327 g/mol. The van der Waals surface area contributed by atoms with Crippen LogP contribution >= 0.6 is 27.5 Å². The van der Waals surface area contributed by atoms with E-state index in [1.54, 1.807) is 25.1 Å². The van der Waals surface area contributed by atoms with E-state index in [-0.39, 0.29) is 5.82 Å². The first-order chi connectivity index (χ1) is 8.49. The first-order valence-electron chi connectivity index (χ1n) is 5.45. The van der Waals surface area contributed by atoms with E-state index in [2.05, 4.69) is 15.9 Å². The van der Waals surface area contributed by atoms with Crippen LogP contribution in [0.25, 0.3) is 0 Å². The molecule has 94 valence electrons. The fourth-order valence-corrected chi connectivity index (χ4v) is 2.41. The van der Waals surface area contributed by atoms with Crippen LogP contribution in [0.1, 0.15) is 22.7 Å². The van der Waals surface area contributed by atoms with Crippen molar-refractivity contribution in [1.29, 1.82) is 0 Å². The van der Waals surface area contributed by atoms with Gasteiger partial charge in [0.15, 0.2) is 0 Å². The van der Waals surface area contributed by atoms with Crippen LogP contribution in [0, 0.1) is 12.7 Å². The lowest BCUT2D eigenvalue weighted by Gasteiger charge is -2.15. The van der Waals surface area contributed by atoms with Crippen LogP contribution in [0.4, 0.5) is 4.39 Å². The molecule has 0 radical (unpaired) electrons. The van der Waals surface area contributed by atoms with Crippen molar-refractivity contribution in [3.05, 3.63) is 68.4 Å². The molecule has 0 aliphatic rings. The summed E-state index contributed by atoms with van der Waals surface area (Å²) in [5, 5.41) is 0.608. The summed E-state index contributed by atoms with van der Waals surface area (Å²) in [5.41, 5.74) is 8.32. The SMILES string of the molecule is Cc1ccc(C(N)c2cc(Cl)ccc2Br)cc1F. The van der Waals surface area contributed by atoms with Crippen molar-refractivity contribution in [1.82, 2.24) is 0 Å². The average molecular weight is 329 g/mol. The molecular formula is C14H12BrClFN. The number of hydrogen-bond acceptors (Lipinski definition) is 1. The Morgan fingerprint density at radius 2 is 1.94 bits per heavy atom. The molecule has 1 nitrogen and oxygen atoms in total. The van der Waals surface area contributed by atoms with Gasteiger partial charge in [0.1, 0.15) is 5.82 Å². The van der Waals surface area contributed by atoms with Crippen LogP contribution < -0.4 is 5.73 Å². The predicted molar refractivity (Wildman–Crippen MR) is 76.3 cm³/mol.